The minimum absolute atomic E-state index is 0.126. The van der Waals surface area contributed by atoms with Gasteiger partial charge < -0.3 is 20.4 Å². The maximum atomic E-state index is 12.3. The molecule has 7 nitrogen and oxygen atoms in total. The van der Waals surface area contributed by atoms with Crippen LogP contribution in [0.1, 0.15) is 26.3 Å². The molecule has 2 amide bonds. The Balaban J connectivity index is 2.18. The number of carbonyl (C=O) groups excluding carboxylic acids is 2. The number of para-hydroxylation sites is 1. The molecule has 0 saturated carbocycles. The number of hydrogen-bond donors (Lipinski definition) is 3. The van der Waals surface area contributed by atoms with Crippen molar-refractivity contribution < 1.29 is 14.3 Å². The van der Waals surface area contributed by atoms with Crippen LogP contribution in [0.2, 0.25) is 0 Å². The Labute approximate surface area is 146 Å². The molecular formula is C18H22N4O3. The number of ether oxygens (including phenoxy) is 1. The number of H-pyrrole nitrogens is 1. The predicted molar refractivity (Wildman–Crippen MR) is 93.8 cm³/mol. The van der Waals surface area contributed by atoms with Crippen LogP contribution in [0.5, 0.6) is 0 Å². The fraction of sp³-hybridized carbons (Fsp3) is 0.389. The van der Waals surface area contributed by atoms with Gasteiger partial charge in [0.2, 0.25) is 5.91 Å². The van der Waals surface area contributed by atoms with E-state index in [1.165, 1.54) is 0 Å². The van der Waals surface area contributed by atoms with Gasteiger partial charge in [0.05, 0.1) is 6.07 Å². The fourth-order valence-electron chi connectivity index (χ4n) is 2.43. The summed E-state index contributed by atoms with van der Waals surface area (Å²) in [5.41, 5.74) is 1.17. The zero-order chi connectivity index (χ0) is 18.4. The van der Waals surface area contributed by atoms with Crippen LogP contribution in [0.25, 0.3) is 10.9 Å². The van der Waals surface area contributed by atoms with Gasteiger partial charge in [-0.05, 0) is 32.4 Å². The number of rotatable bonds is 5. The zero-order valence-electron chi connectivity index (χ0n) is 14.6. The normalized spacial score (nSPS) is 12.2. The first-order chi connectivity index (χ1) is 11.8. The van der Waals surface area contributed by atoms with E-state index in [1.807, 2.05) is 36.5 Å². The number of fused-ring (bicyclic) bond motifs is 1. The second-order valence-corrected chi connectivity index (χ2v) is 6.64. The van der Waals surface area contributed by atoms with E-state index in [9.17, 15) is 9.59 Å². The maximum Gasteiger partial charge on any atom is 0.408 e. The minimum Gasteiger partial charge on any atom is -0.444 e. The lowest BCUT2D eigenvalue weighted by atomic mass is 10.0. The van der Waals surface area contributed by atoms with E-state index in [1.54, 1.807) is 20.8 Å². The van der Waals surface area contributed by atoms with Crippen molar-refractivity contribution in [1.82, 2.24) is 15.6 Å². The van der Waals surface area contributed by atoms with Gasteiger partial charge in [-0.15, -0.1) is 0 Å². The Bertz CT molecular complexity index is 798. The van der Waals surface area contributed by atoms with E-state index in [2.05, 4.69) is 15.6 Å². The fourth-order valence-corrected chi connectivity index (χ4v) is 2.43. The van der Waals surface area contributed by atoms with Crippen molar-refractivity contribution in [3.8, 4) is 6.07 Å². The van der Waals surface area contributed by atoms with Crippen molar-refractivity contribution in [2.24, 2.45) is 0 Å². The highest BCUT2D eigenvalue weighted by Gasteiger charge is 2.25. The van der Waals surface area contributed by atoms with Crippen molar-refractivity contribution in [2.75, 3.05) is 6.54 Å². The molecule has 0 aliphatic rings. The summed E-state index contributed by atoms with van der Waals surface area (Å²) in [5, 5.41) is 14.7. The first kappa shape index (κ1) is 18.3. The molecule has 3 N–H and O–H groups in total. The number of nitrogens with zero attached hydrogens (tertiary/aromatic N) is 1. The highest BCUT2D eigenvalue weighted by Crippen LogP contribution is 2.19. The van der Waals surface area contributed by atoms with Gasteiger partial charge in [-0.1, -0.05) is 18.2 Å². The van der Waals surface area contributed by atoms with Crippen molar-refractivity contribution in [1.29, 1.82) is 5.26 Å². The molecule has 1 heterocycles. The van der Waals surface area contributed by atoms with Gasteiger partial charge in [-0.2, -0.15) is 5.26 Å². The quantitative estimate of drug-likeness (QED) is 0.724. The van der Waals surface area contributed by atoms with Crippen molar-refractivity contribution in [3.63, 3.8) is 0 Å². The monoisotopic (exact) mass is 342 g/mol. The molecule has 0 spiro atoms. The lowest BCUT2D eigenvalue weighted by Crippen LogP contribution is -2.49. The molecule has 25 heavy (non-hydrogen) atoms. The van der Waals surface area contributed by atoms with Crippen molar-refractivity contribution in [3.05, 3.63) is 36.0 Å². The van der Waals surface area contributed by atoms with E-state index in [0.29, 0.717) is 0 Å². The van der Waals surface area contributed by atoms with Gasteiger partial charge in [0, 0.05) is 23.5 Å². The van der Waals surface area contributed by atoms with Crippen molar-refractivity contribution >= 4 is 22.9 Å². The number of hydrogen-bond acceptors (Lipinski definition) is 4. The van der Waals surface area contributed by atoms with Gasteiger partial charge in [-0.3, -0.25) is 4.79 Å². The highest BCUT2D eigenvalue weighted by atomic mass is 16.6. The van der Waals surface area contributed by atoms with Crippen LogP contribution in [-0.4, -0.2) is 35.2 Å². The van der Waals surface area contributed by atoms with Crippen LogP contribution in [0.4, 0.5) is 4.79 Å². The number of amides is 2. The molecule has 1 unspecified atom stereocenters. The molecular weight excluding hydrogens is 320 g/mol. The first-order valence-corrected chi connectivity index (χ1v) is 7.99. The number of nitrogens with one attached hydrogen (secondary N) is 3. The summed E-state index contributed by atoms with van der Waals surface area (Å²) < 4.78 is 5.23. The molecule has 0 aliphatic carbocycles. The van der Waals surface area contributed by atoms with E-state index >= 15 is 0 Å². The summed E-state index contributed by atoms with van der Waals surface area (Å²) in [5.74, 6) is -0.433. The summed E-state index contributed by atoms with van der Waals surface area (Å²) in [6, 6.07) is 8.71. The Kier molecular flexibility index (Phi) is 5.65. The molecule has 2 aromatic rings. The average Bonchev–Trinajstić information content (AvgIpc) is 2.93. The average molecular weight is 342 g/mol. The third-order valence-corrected chi connectivity index (χ3v) is 3.45. The van der Waals surface area contributed by atoms with Gasteiger partial charge in [0.1, 0.15) is 18.2 Å². The SMILES string of the molecule is CC(C)(C)OC(=O)NC(Cc1c[nH]c2ccccc12)C(=O)NCC#N. The molecule has 0 aliphatic heterocycles. The van der Waals surface area contributed by atoms with Crippen LogP contribution in [0.3, 0.4) is 0 Å². The maximum absolute atomic E-state index is 12.3. The van der Waals surface area contributed by atoms with E-state index in [4.69, 9.17) is 10.00 Å². The summed E-state index contributed by atoms with van der Waals surface area (Å²) in [6.45, 7) is 5.12. The molecule has 1 atom stereocenters. The van der Waals surface area contributed by atoms with Gasteiger partial charge >= 0.3 is 6.09 Å². The summed E-state index contributed by atoms with van der Waals surface area (Å²) in [7, 11) is 0. The molecule has 0 fully saturated rings. The largest absolute Gasteiger partial charge is 0.444 e. The van der Waals surface area contributed by atoms with Crippen LogP contribution < -0.4 is 10.6 Å². The smallest absolute Gasteiger partial charge is 0.408 e. The number of alkyl carbamates (subject to hydrolysis) is 1. The topological polar surface area (TPSA) is 107 Å². The Morgan fingerprint density at radius 2 is 2.04 bits per heavy atom. The second-order valence-electron chi connectivity index (χ2n) is 6.64. The van der Waals surface area contributed by atoms with Crippen LogP contribution in [0, 0.1) is 11.3 Å². The number of nitriles is 1. The van der Waals surface area contributed by atoms with E-state index in [-0.39, 0.29) is 13.0 Å². The lowest BCUT2D eigenvalue weighted by molar-refractivity contribution is -0.122. The highest BCUT2D eigenvalue weighted by molar-refractivity contribution is 5.88. The Hall–Kier alpha value is -3.01. The molecule has 1 aromatic carbocycles. The molecule has 0 radical (unpaired) electrons. The Morgan fingerprint density at radius 1 is 1.32 bits per heavy atom. The predicted octanol–water partition coefficient (Wildman–Crippen LogP) is 2.24. The van der Waals surface area contributed by atoms with E-state index in [0.717, 1.165) is 16.5 Å². The number of carbonyl (C=O) groups is 2. The zero-order valence-corrected chi connectivity index (χ0v) is 14.6. The second kappa shape index (κ2) is 7.71. The number of aromatic nitrogens is 1. The van der Waals surface area contributed by atoms with E-state index < -0.39 is 23.6 Å². The summed E-state index contributed by atoms with van der Waals surface area (Å²) >= 11 is 0. The molecule has 2 rings (SSSR count). The van der Waals surface area contributed by atoms with Crippen LogP contribution in [-0.2, 0) is 16.0 Å². The molecule has 7 heteroatoms. The molecule has 1 aromatic heterocycles. The van der Waals surface area contributed by atoms with Crippen LogP contribution in [0.15, 0.2) is 30.5 Å². The standard InChI is InChI=1S/C18H22N4O3/c1-18(2,3)25-17(24)22-15(16(23)20-9-8-19)10-12-11-21-14-7-5-4-6-13(12)14/h4-7,11,15,21H,9-10H2,1-3H3,(H,20,23)(H,22,24). The third kappa shape index (κ3) is 5.24. The first-order valence-electron chi connectivity index (χ1n) is 7.99. The number of aromatic amines is 1. The summed E-state index contributed by atoms with van der Waals surface area (Å²) in [4.78, 5) is 27.5. The van der Waals surface area contributed by atoms with Gasteiger partial charge in [0.15, 0.2) is 0 Å². The lowest BCUT2D eigenvalue weighted by Gasteiger charge is -2.23. The third-order valence-electron chi connectivity index (χ3n) is 3.45. The van der Waals surface area contributed by atoms with Gasteiger partial charge in [0.25, 0.3) is 0 Å². The molecule has 0 bridgehead atoms. The van der Waals surface area contributed by atoms with Crippen molar-refractivity contribution in [2.45, 2.75) is 38.8 Å². The van der Waals surface area contributed by atoms with Gasteiger partial charge in [-0.25, -0.2) is 4.79 Å². The summed E-state index contributed by atoms with van der Waals surface area (Å²) in [6.07, 6.45) is 1.41. The Morgan fingerprint density at radius 3 is 2.72 bits per heavy atom. The number of benzene rings is 1. The molecule has 132 valence electrons. The van der Waals surface area contributed by atoms with Crippen LogP contribution >= 0.6 is 0 Å². The minimum atomic E-state index is -0.845. The molecule has 0 saturated heterocycles.